The molecule has 3 heterocycles. The first-order valence-electron chi connectivity index (χ1n) is 10.9. The van der Waals surface area contributed by atoms with E-state index in [1.165, 1.54) is 0 Å². The smallest absolute Gasteiger partial charge is 0.303 e. The average molecular weight is 459 g/mol. The van der Waals surface area contributed by atoms with Crippen LogP contribution in [0.3, 0.4) is 0 Å². The number of hydrogen-bond donors (Lipinski definition) is 3. The van der Waals surface area contributed by atoms with Crippen molar-refractivity contribution in [3.8, 4) is 0 Å². The van der Waals surface area contributed by atoms with Crippen LogP contribution in [-0.2, 0) is 23.1 Å². The summed E-state index contributed by atoms with van der Waals surface area (Å²) in [4.78, 5) is 36.5. The number of carbonyl (C=O) groups excluding carboxylic acids is 1. The summed E-state index contributed by atoms with van der Waals surface area (Å²) in [6.45, 7) is 3.81. The molecule has 174 valence electrons. The first-order chi connectivity index (χ1) is 16.3. The molecular formula is C25H26N6O3. The zero-order valence-corrected chi connectivity index (χ0v) is 19.2. The molecular weight excluding hydrogens is 432 g/mol. The van der Waals surface area contributed by atoms with Crippen molar-refractivity contribution < 1.29 is 14.7 Å². The van der Waals surface area contributed by atoms with E-state index in [2.05, 4.69) is 25.6 Å². The third-order valence-corrected chi connectivity index (χ3v) is 5.68. The van der Waals surface area contributed by atoms with E-state index >= 15 is 0 Å². The van der Waals surface area contributed by atoms with Gasteiger partial charge in [-0.2, -0.15) is 0 Å². The third-order valence-electron chi connectivity index (χ3n) is 5.68. The van der Waals surface area contributed by atoms with Crippen molar-refractivity contribution in [1.82, 2.24) is 19.5 Å². The van der Waals surface area contributed by atoms with Gasteiger partial charge in [0.05, 0.1) is 23.9 Å². The molecule has 1 amide bonds. The quantitative estimate of drug-likeness (QED) is 0.362. The zero-order valence-electron chi connectivity index (χ0n) is 19.2. The predicted octanol–water partition coefficient (Wildman–Crippen LogP) is 4.17. The Morgan fingerprint density at radius 3 is 2.68 bits per heavy atom. The predicted molar refractivity (Wildman–Crippen MR) is 130 cm³/mol. The zero-order chi connectivity index (χ0) is 24.2. The molecule has 1 aromatic carbocycles. The van der Waals surface area contributed by atoms with Gasteiger partial charge >= 0.3 is 5.97 Å². The van der Waals surface area contributed by atoms with Crippen LogP contribution in [0.15, 0.2) is 55.0 Å². The van der Waals surface area contributed by atoms with Crippen LogP contribution in [0.2, 0.25) is 0 Å². The second-order valence-corrected chi connectivity index (χ2v) is 8.33. The number of carboxylic acid groups (broad SMARTS) is 1. The van der Waals surface area contributed by atoms with Crippen molar-refractivity contribution >= 4 is 40.4 Å². The molecule has 9 nitrogen and oxygen atoms in total. The van der Waals surface area contributed by atoms with Crippen LogP contribution in [-0.4, -0.2) is 36.5 Å². The Morgan fingerprint density at radius 2 is 1.97 bits per heavy atom. The van der Waals surface area contributed by atoms with Crippen LogP contribution in [0.25, 0.3) is 11.0 Å². The number of imidazole rings is 1. The van der Waals surface area contributed by atoms with E-state index in [9.17, 15) is 9.59 Å². The van der Waals surface area contributed by atoms with Crippen LogP contribution in [0.1, 0.15) is 36.0 Å². The molecule has 3 N–H and O–H groups in total. The molecule has 0 aliphatic heterocycles. The van der Waals surface area contributed by atoms with Gasteiger partial charge in [0.2, 0.25) is 11.9 Å². The SMILES string of the molecule is Cc1cnccc1Nc1nc2ccc(CC(=O)Nc3ccc(C(C)CC(=O)O)cn3)cc2n1C. The topological polar surface area (TPSA) is 122 Å². The lowest BCUT2D eigenvalue weighted by atomic mass is 10.00. The first-order valence-corrected chi connectivity index (χ1v) is 10.9. The minimum atomic E-state index is -0.856. The second-order valence-electron chi connectivity index (χ2n) is 8.33. The number of nitrogens with one attached hydrogen (secondary N) is 2. The van der Waals surface area contributed by atoms with Crippen molar-refractivity contribution in [2.45, 2.75) is 32.6 Å². The van der Waals surface area contributed by atoms with E-state index in [1.807, 2.05) is 49.7 Å². The van der Waals surface area contributed by atoms with E-state index in [-0.39, 0.29) is 24.7 Å². The van der Waals surface area contributed by atoms with E-state index < -0.39 is 5.97 Å². The lowest BCUT2D eigenvalue weighted by molar-refractivity contribution is -0.137. The Morgan fingerprint density at radius 1 is 1.15 bits per heavy atom. The van der Waals surface area contributed by atoms with Gasteiger partial charge in [0.15, 0.2) is 0 Å². The Kier molecular flexibility index (Phi) is 6.53. The Balaban J connectivity index is 1.44. The minimum absolute atomic E-state index is 0.0310. The number of aliphatic carboxylic acids is 1. The summed E-state index contributed by atoms with van der Waals surface area (Å²) in [7, 11) is 1.93. The lowest BCUT2D eigenvalue weighted by Crippen LogP contribution is -2.15. The Labute approximate surface area is 196 Å². The van der Waals surface area contributed by atoms with Crippen molar-refractivity contribution in [2.24, 2.45) is 7.05 Å². The highest BCUT2D eigenvalue weighted by atomic mass is 16.4. The van der Waals surface area contributed by atoms with Gasteiger partial charge in [0.1, 0.15) is 5.82 Å². The van der Waals surface area contributed by atoms with Crippen LogP contribution >= 0.6 is 0 Å². The molecule has 0 aliphatic carbocycles. The summed E-state index contributed by atoms with van der Waals surface area (Å²) < 4.78 is 1.95. The van der Waals surface area contributed by atoms with Crippen LogP contribution in [0.5, 0.6) is 0 Å². The standard InChI is InChI=1S/C25H26N6O3/c1-15(10-24(33)34)18-5-7-22(27-14-18)30-23(32)12-17-4-6-20-21(11-17)31(3)25(29-20)28-19-8-9-26-13-16(19)2/h4-9,11,13-15H,10,12H2,1-3H3,(H,33,34)(H,26,28,29)(H,27,30,32). The normalized spacial score (nSPS) is 11.9. The molecule has 0 aliphatic rings. The summed E-state index contributed by atoms with van der Waals surface area (Å²) >= 11 is 0. The fourth-order valence-corrected chi connectivity index (χ4v) is 3.71. The number of pyridine rings is 2. The van der Waals surface area contributed by atoms with Gasteiger partial charge in [0, 0.05) is 31.3 Å². The Hall–Kier alpha value is -4.27. The van der Waals surface area contributed by atoms with Gasteiger partial charge in [-0.3, -0.25) is 14.6 Å². The fourth-order valence-electron chi connectivity index (χ4n) is 3.71. The summed E-state index contributed by atoms with van der Waals surface area (Å²) in [5, 5.41) is 15.1. The molecule has 0 radical (unpaired) electrons. The molecule has 0 saturated carbocycles. The molecule has 4 rings (SSSR count). The van der Waals surface area contributed by atoms with Crippen molar-refractivity contribution in [2.75, 3.05) is 10.6 Å². The number of rotatable bonds is 8. The van der Waals surface area contributed by atoms with Gasteiger partial charge < -0.3 is 20.3 Å². The third kappa shape index (κ3) is 5.20. The summed E-state index contributed by atoms with van der Waals surface area (Å²) in [6.07, 6.45) is 5.34. The maximum absolute atomic E-state index is 12.6. The monoisotopic (exact) mass is 458 g/mol. The highest BCUT2D eigenvalue weighted by molar-refractivity contribution is 5.92. The molecule has 1 unspecified atom stereocenters. The maximum atomic E-state index is 12.6. The highest BCUT2D eigenvalue weighted by Crippen LogP contribution is 2.24. The van der Waals surface area contributed by atoms with Crippen LogP contribution < -0.4 is 10.6 Å². The van der Waals surface area contributed by atoms with Crippen molar-refractivity contribution in [3.63, 3.8) is 0 Å². The molecule has 4 aromatic rings. The number of carboxylic acids is 1. The number of amides is 1. The summed E-state index contributed by atoms with van der Waals surface area (Å²) in [5.74, 6) is -0.0663. The van der Waals surface area contributed by atoms with Crippen LogP contribution in [0.4, 0.5) is 17.5 Å². The molecule has 3 aromatic heterocycles. The molecule has 0 saturated heterocycles. The number of benzene rings is 1. The number of aryl methyl sites for hydroxylation is 2. The second kappa shape index (κ2) is 9.70. The first kappa shape index (κ1) is 22.9. The molecule has 0 fully saturated rings. The van der Waals surface area contributed by atoms with Gasteiger partial charge in [-0.05, 0) is 53.8 Å². The van der Waals surface area contributed by atoms with E-state index in [4.69, 9.17) is 5.11 Å². The number of hydrogen-bond acceptors (Lipinski definition) is 6. The van der Waals surface area contributed by atoms with Gasteiger partial charge in [0.25, 0.3) is 0 Å². The molecule has 34 heavy (non-hydrogen) atoms. The number of nitrogens with zero attached hydrogens (tertiary/aromatic N) is 4. The summed E-state index contributed by atoms with van der Waals surface area (Å²) in [5.41, 5.74) is 5.36. The van der Waals surface area contributed by atoms with E-state index in [0.717, 1.165) is 33.4 Å². The maximum Gasteiger partial charge on any atom is 0.303 e. The molecule has 0 spiro atoms. The number of anilines is 3. The molecule has 1 atom stereocenters. The van der Waals surface area contributed by atoms with Crippen LogP contribution in [0, 0.1) is 6.92 Å². The van der Waals surface area contributed by atoms with E-state index in [1.54, 1.807) is 30.7 Å². The Bertz CT molecular complexity index is 1350. The summed E-state index contributed by atoms with van der Waals surface area (Å²) in [6, 6.07) is 11.1. The van der Waals surface area contributed by atoms with Gasteiger partial charge in [-0.25, -0.2) is 9.97 Å². The fraction of sp³-hybridized carbons (Fsp3) is 0.240. The van der Waals surface area contributed by atoms with Gasteiger partial charge in [-0.15, -0.1) is 0 Å². The highest BCUT2D eigenvalue weighted by Gasteiger charge is 2.13. The largest absolute Gasteiger partial charge is 0.481 e. The number of fused-ring (bicyclic) bond motifs is 1. The number of aromatic nitrogens is 4. The number of carbonyl (C=O) groups is 2. The lowest BCUT2D eigenvalue weighted by Gasteiger charge is -2.10. The molecule has 9 heteroatoms. The van der Waals surface area contributed by atoms with E-state index in [0.29, 0.717) is 11.8 Å². The van der Waals surface area contributed by atoms with Crippen molar-refractivity contribution in [1.29, 1.82) is 0 Å². The van der Waals surface area contributed by atoms with Crippen molar-refractivity contribution in [3.05, 3.63) is 71.7 Å². The minimum Gasteiger partial charge on any atom is -0.481 e. The molecule has 0 bridgehead atoms. The average Bonchev–Trinajstić information content (AvgIpc) is 3.10. The van der Waals surface area contributed by atoms with Gasteiger partial charge in [-0.1, -0.05) is 19.1 Å².